The molecule has 0 amide bonds. The minimum Gasteiger partial charge on any atom is -0.468 e. The molecule has 0 bridgehead atoms. The Balaban J connectivity index is 2.81. The number of hydrogen-bond acceptors (Lipinski definition) is 4. The van der Waals surface area contributed by atoms with Crippen LogP contribution in [-0.4, -0.2) is 27.7 Å². The summed E-state index contributed by atoms with van der Waals surface area (Å²) >= 11 is 3.12. The third-order valence-electron chi connectivity index (χ3n) is 1.80. The topological polar surface area (TPSA) is 61.2 Å². The van der Waals surface area contributed by atoms with Gasteiger partial charge in [0.2, 0.25) is 0 Å². The molecular formula is C9H11BrN2O3. The van der Waals surface area contributed by atoms with Crippen molar-refractivity contribution in [2.75, 3.05) is 7.11 Å². The van der Waals surface area contributed by atoms with Crippen molar-refractivity contribution < 1.29 is 9.53 Å². The quantitative estimate of drug-likeness (QED) is 0.595. The van der Waals surface area contributed by atoms with Crippen molar-refractivity contribution in [2.24, 2.45) is 0 Å². The largest absolute Gasteiger partial charge is 0.468 e. The number of methoxy groups -OCH3 is 1. The SMILES string of the molecule is COC(=O)C(Br)Cn1ncc(C)cc1=O. The summed E-state index contributed by atoms with van der Waals surface area (Å²) in [6, 6.07) is 1.46. The van der Waals surface area contributed by atoms with E-state index in [2.05, 4.69) is 25.8 Å². The highest BCUT2D eigenvalue weighted by Gasteiger charge is 2.16. The summed E-state index contributed by atoms with van der Waals surface area (Å²) in [7, 11) is 1.29. The molecule has 82 valence electrons. The minimum absolute atomic E-state index is 0.159. The summed E-state index contributed by atoms with van der Waals surface area (Å²) in [5, 5.41) is 3.90. The molecule has 0 N–H and O–H groups in total. The molecule has 5 nitrogen and oxygen atoms in total. The van der Waals surface area contributed by atoms with Gasteiger partial charge in [0.05, 0.1) is 19.9 Å². The Bertz CT molecular complexity index is 416. The molecule has 1 rings (SSSR count). The lowest BCUT2D eigenvalue weighted by Crippen LogP contribution is -2.30. The Hall–Kier alpha value is -1.17. The number of carbonyl (C=O) groups is 1. The van der Waals surface area contributed by atoms with Crippen molar-refractivity contribution in [2.45, 2.75) is 18.3 Å². The van der Waals surface area contributed by atoms with Gasteiger partial charge in [0.1, 0.15) is 4.83 Å². The number of ether oxygens (including phenoxy) is 1. The first-order valence-corrected chi connectivity index (χ1v) is 5.22. The summed E-state index contributed by atoms with van der Waals surface area (Å²) in [4.78, 5) is 21.9. The maximum absolute atomic E-state index is 11.4. The molecule has 0 aliphatic rings. The molecule has 6 heteroatoms. The summed E-state index contributed by atoms with van der Waals surface area (Å²) in [5.41, 5.74) is 0.559. The molecule has 0 aromatic carbocycles. The van der Waals surface area contributed by atoms with Crippen molar-refractivity contribution >= 4 is 21.9 Å². The summed E-state index contributed by atoms with van der Waals surface area (Å²) in [6.45, 7) is 1.94. The molecule has 0 aliphatic heterocycles. The number of nitrogens with zero attached hydrogens (tertiary/aromatic N) is 2. The molecular weight excluding hydrogens is 264 g/mol. The first-order valence-electron chi connectivity index (χ1n) is 4.30. The fourth-order valence-corrected chi connectivity index (χ4v) is 1.48. The van der Waals surface area contributed by atoms with E-state index in [9.17, 15) is 9.59 Å². The lowest BCUT2D eigenvalue weighted by atomic mass is 10.3. The van der Waals surface area contributed by atoms with Crippen molar-refractivity contribution in [3.63, 3.8) is 0 Å². The van der Waals surface area contributed by atoms with Gasteiger partial charge in [0, 0.05) is 6.07 Å². The Labute approximate surface area is 95.2 Å². The smallest absolute Gasteiger partial charge is 0.321 e. The van der Waals surface area contributed by atoms with Crippen LogP contribution in [0.1, 0.15) is 5.56 Å². The predicted octanol–water partition coefficient (Wildman–Crippen LogP) is 0.488. The van der Waals surface area contributed by atoms with Gasteiger partial charge in [-0.3, -0.25) is 9.59 Å². The number of alkyl halides is 1. The normalized spacial score (nSPS) is 12.2. The zero-order chi connectivity index (χ0) is 11.4. The van der Waals surface area contributed by atoms with E-state index in [0.717, 1.165) is 5.56 Å². The summed E-state index contributed by atoms with van der Waals surface area (Å²) < 4.78 is 5.73. The zero-order valence-electron chi connectivity index (χ0n) is 8.44. The second kappa shape index (κ2) is 5.06. The third-order valence-corrected chi connectivity index (χ3v) is 2.46. The van der Waals surface area contributed by atoms with E-state index in [1.165, 1.54) is 17.9 Å². The van der Waals surface area contributed by atoms with Gasteiger partial charge in [0.25, 0.3) is 5.56 Å². The first-order chi connectivity index (χ1) is 7.04. The molecule has 0 spiro atoms. The standard InChI is InChI=1S/C9H11BrN2O3/c1-6-3-8(13)12(11-4-6)5-7(10)9(14)15-2/h3-4,7H,5H2,1-2H3. The van der Waals surface area contributed by atoms with Gasteiger partial charge in [0.15, 0.2) is 0 Å². The van der Waals surface area contributed by atoms with Crippen LogP contribution < -0.4 is 5.56 Å². The van der Waals surface area contributed by atoms with Crippen LogP contribution in [0.15, 0.2) is 17.1 Å². The van der Waals surface area contributed by atoms with Crippen molar-refractivity contribution in [3.05, 3.63) is 28.2 Å². The average molecular weight is 275 g/mol. The van der Waals surface area contributed by atoms with E-state index in [0.29, 0.717) is 0 Å². The number of carbonyl (C=O) groups excluding carboxylic acids is 1. The lowest BCUT2D eigenvalue weighted by molar-refractivity contribution is -0.140. The van der Waals surface area contributed by atoms with Gasteiger partial charge < -0.3 is 4.74 Å². The number of aryl methyl sites for hydroxylation is 1. The number of esters is 1. The zero-order valence-corrected chi connectivity index (χ0v) is 10.0. The highest BCUT2D eigenvalue weighted by molar-refractivity contribution is 9.10. The molecule has 0 aliphatic carbocycles. The van der Waals surface area contributed by atoms with Gasteiger partial charge in [-0.1, -0.05) is 15.9 Å². The molecule has 1 atom stereocenters. The van der Waals surface area contributed by atoms with E-state index >= 15 is 0 Å². The van der Waals surface area contributed by atoms with Crippen molar-refractivity contribution in [1.29, 1.82) is 0 Å². The Morgan fingerprint density at radius 3 is 2.93 bits per heavy atom. The number of rotatable bonds is 3. The minimum atomic E-state index is -0.560. The third kappa shape index (κ3) is 3.16. The van der Waals surface area contributed by atoms with Crippen LogP contribution in [0.3, 0.4) is 0 Å². The fourth-order valence-electron chi connectivity index (χ4n) is 1.02. The van der Waals surface area contributed by atoms with E-state index in [1.807, 2.05) is 0 Å². The molecule has 0 fully saturated rings. The maximum atomic E-state index is 11.4. The van der Waals surface area contributed by atoms with Gasteiger partial charge in [-0.2, -0.15) is 5.10 Å². The Kier molecular flexibility index (Phi) is 4.02. The van der Waals surface area contributed by atoms with Crippen LogP contribution in [-0.2, 0) is 16.1 Å². The van der Waals surface area contributed by atoms with Crippen LogP contribution >= 0.6 is 15.9 Å². The lowest BCUT2D eigenvalue weighted by Gasteiger charge is -2.08. The van der Waals surface area contributed by atoms with Crippen LogP contribution in [0, 0.1) is 6.92 Å². The van der Waals surface area contributed by atoms with E-state index in [-0.39, 0.29) is 12.1 Å². The van der Waals surface area contributed by atoms with Crippen LogP contribution in [0.4, 0.5) is 0 Å². The molecule has 0 saturated heterocycles. The fraction of sp³-hybridized carbons (Fsp3) is 0.444. The van der Waals surface area contributed by atoms with Crippen molar-refractivity contribution in [1.82, 2.24) is 9.78 Å². The van der Waals surface area contributed by atoms with Gasteiger partial charge in [-0.05, 0) is 12.5 Å². The molecule has 1 heterocycles. The predicted molar refractivity (Wildman–Crippen MR) is 58.0 cm³/mol. The summed E-state index contributed by atoms with van der Waals surface area (Å²) in [6.07, 6.45) is 1.57. The number of hydrogen-bond donors (Lipinski definition) is 0. The van der Waals surface area contributed by atoms with Crippen LogP contribution in [0.5, 0.6) is 0 Å². The molecule has 1 aromatic heterocycles. The van der Waals surface area contributed by atoms with Crippen LogP contribution in [0.25, 0.3) is 0 Å². The second-order valence-corrected chi connectivity index (χ2v) is 4.15. The van der Waals surface area contributed by atoms with E-state index < -0.39 is 10.8 Å². The monoisotopic (exact) mass is 274 g/mol. The molecule has 15 heavy (non-hydrogen) atoms. The molecule has 1 unspecified atom stereocenters. The van der Waals surface area contributed by atoms with Gasteiger partial charge in [-0.25, -0.2) is 4.68 Å². The first kappa shape index (κ1) is 11.9. The Morgan fingerprint density at radius 1 is 1.73 bits per heavy atom. The Morgan fingerprint density at radius 2 is 2.40 bits per heavy atom. The van der Waals surface area contributed by atoms with Crippen LogP contribution in [0.2, 0.25) is 0 Å². The molecule has 0 radical (unpaired) electrons. The van der Waals surface area contributed by atoms with E-state index in [4.69, 9.17) is 0 Å². The molecule has 0 saturated carbocycles. The maximum Gasteiger partial charge on any atom is 0.321 e. The molecule has 1 aromatic rings. The second-order valence-electron chi connectivity index (χ2n) is 3.04. The average Bonchev–Trinajstić information content (AvgIpc) is 2.20. The van der Waals surface area contributed by atoms with Gasteiger partial charge >= 0.3 is 5.97 Å². The number of halogens is 1. The van der Waals surface area contributed by atoms with Crippen molar-refractivity contribution in [3.8, 4) is 0 Å². The highest BCUT2D eigenvalue weighted by Crippen LogP contribution is 2.03. The van der Waals surface area contributed by atoms with Gasteiger partial charge in [-0.15, -0.1) is 0 Å². The highest BCUT2D eigenvalue weighted by atomic mass is 79.9. The summed E-state index contributed by atoms with van der Waals surface area (Å²) in [5.74, 6) is -0.427. The number of aromatic nitrogens is 2. The van der Waals surface area contributed by atoms with E-state index in [1.54, 1.807) is 13.1 Å².